The molecule has 2 heterocycles. The van der Waals surface area contributed by atoms with Crippen LogP contribution < -0.4 is 10.9 Å². The summed E-state index contributed by atoms with van der Waals surface area (Å²) in [5.74, 6) is -0.582. The van der Waals surface area contributed by atoms with Crippen LogP contribution in [0.15, 0.2) is 36.7 Å². The fraction of sp³-hybridized carbons (Fsp3) is 0.176. The number of nitrogens with one attached hydrogen (secondary N) is 2. The third-order valence-corrected chi connectivity index (χ3v) is 3.80. The Balaban J connectivity index is 1.90. The van der Waals surface area contributed by atoms with Crippen LogP contribution in [0.1, 0.15) is 27.3 Å². The minimum Gasteiger partial charge on any atom is -0.276 e. The second kappa shape index (κ2) is 7.20. The molecule has 0 spiro atoms. The van der Waals surface area contributed by atoms with Crippen molar-refractivity contribution in [2.75, 3.05) is 5.43 Å². The summed E-state index contributed by atoms with van der Waals surface area (Å²) < 4.78 is 1.36. The number of aryl methyl sites for hydroxylation is 3. The first-order valence-corrected chi connectivity index (χ1v) is 8.03. The molecule has 2 N–H and O–H groups in total. The molecule has 0 aliphatic carbocycles. The highest BCUT2D eigenvalue weighted by molar-refractivity contribution is 5.95. The molecule has 27 heavy (non-hydrogen) atoms. The number of carbonyl (C=O) groups excluding carboxylic acids is 1. The molecule has 0 fully saturated rings. The van der Waals surface area contributed by atoms with E-state index in [-0.39, 0.29) is 11.6 Å². The van der Waals surface area contributed by atoms with E-state index in [0.29, 0.717) is 17.0 Å². The molecular formula is C17H17N7O3. The highest BCUT2D eigenvalue weighted by atomic mass is 16.6. The second-order valence-electron chi connectivity index (χ2n) is 5.94. The molecule has 0 saturated heterocycles. The number of anilines is 1. The molecule has 0 aliphatic heterocycles. The molecule has 1 aromatic carbocycles. The van der Waals surface area contributed by atoms with Crippen molar-refractivity contribution in [2.24, 2.45) is 0 Å². The zero-order valence-electron chi connectivity index (χ0n) is 14.9. The smallest absolute Gasteiger partial charge is 0.276 e. The van der Waals surface area contributed by atoms with E-state index in [2.05, 4.69) is 25.9 Å². The van der Waals surface area contributed by atoms with E-state index in [9.17, 15) is 14.9 Å². The molecular weight excluding hydrogens is 350 g/mol. The zero-order valence-corrected chi connectivity index (χ0v) is 14.9. The first-order valence-electron chi connectivity index (χ1n) is 8.03. The van der Waals surface area contributed by atoms with Crippen molar-refractivity contribution < 1.29 is 9.72 Å². The number of hydrogen-bond donors (Lipinski definition) is 2. The van der Waals surface area contributed by atoms with E-state index in [0.717, 1.165) is 5.56 Å². The van der Waals surface area contributed by atoms with Crippen molar-refractivity contribution in [3.8, 4) is 5.82 Å². The van der Waals surface area contributed by atoms with Gasteiger partial charge < -0.3 is 0 Å². The SMILES string of the molecule is Cc1ccc(C(=O)NNc2ncnc(-n3nc(C)cc3C)c2[N+](=O)[O-])cc1. The Bertz CT molecular complexity index is 1010. The summed E-state index contributed by atoms with van der Waals surface area (Å²) >= 11 is 0. The van der Waals surface area contributed by atoms with Crippen LogP contribution in [0.2, 0.25) is 0 Å². The maximum Gasteiger partial charge on any atom is 0.357 e. The molecule has 10 nitrogen and oxygen atoms in total. The highest BCUT2D eigenvalue weighted by Gasteiger charge is 2.26. The first-order chi connectivity index (χ1) is 12.9. The average Bonchev–Trinajstić information content (AvgIpc) is 2.97. The van der Waals surface area contributed by atoms with Gasteiger partial charge in [0.05, 0.1) is 10.6 Å². The van der Waals surface area contributed by atoms with Crippen molar-refractivity contribution in [3.63, 3.8) is 0 Å². The summed E-state index contributed by atoms with van der Waals surface area (Å²) in [7, 11) is 0. The second-order valence-corrected chi connectivity index (χ2v) is 5.94. The minimum atomic E-state index is -0.619. The molecule has 0 unspecified atom stereocenters. The number of nitro groups is 1. The molecule has 0 saturated carbocycles. The Hall–Kier alpha value is -3.82. The number of benzene rings is 1. The van der Waals surface area contributed by atoms with Gasteiger partial charge in [-0.25, -0.2) is 14.6 Å². The van der Waals surface area contributed by atoms with Gasteiger partial charge in [0.2, 0.25) is 11.6 Å². The Labute approximate surface area is 154 Å². The minimum absolute atomic E-state index is 0.00712. The summed E-state index contributed by atoms with van der Waals surface area (Å²) in [5.41, 5.74) is 7.33. The third-order valence-electron chi connectivity index (χ3n) is 3.80. The Morgan fingerprint density at radius 3 is 2.44 bits per heavy atom. The lowest BCUT2D eigenvalue weighted by Crippen LogP contribution is -2.30. The maximum absolute atomic E-state index is 12.2. The number of carbonyl (C=O) groups is 1. The monoisotopic (exact) mass is 367 g/mol. The van der Waals surface area contributed by atoms with Gasteiger partial charge in [0.25, 0.3) is 5.91 Å². The van der Waals surface area contributed by atoms with Crippen LogP contribution in [0.25, 0.3) is 5.82 Å². The van der Waals surface area contributed by atoms with Gasteiger partial charge in [-0.3, -0.25) is 25.8 Å². The van der Waals surface area contributed by atoms with E-state index in [1.807, 2.05) is 6.92 Å². The van der Waals surface area contributed by atoms with Crippen molar-refractivity contribution in [1.82, 2.24) is 25.2 Å². The number of hydrogen-bond acceptors (Lipinski definition) is 7. The van der Waals surface area contributed by atoms with Crippen LogP contribution in [0.3, 0.4) is 0 Å². The standard InChI is InChI=1S/C17H17N7O3/c1-10-4-6-13(7-5-10)17(25)21-20-15-14(24(26)27)16(19-9-18-15)23-12(3)8-11(2)22-23/h4-9H,1-3H3,(H,21,25)(H,18,19,20). The van der Waals surface area contributed by atoms with E-state index >= 15 is 0 Å². The van der Waals surface area contributed by atoms with Gasteiger partial charge in [0.15, 0.2) is 0 Å². The normalized spacial score (nSPS) is 10.5. The Morgan fingerprint density at radius 2 is 1.85 bits per heavy atom. The van der Waals surface area contributed by atoms with Crippen LogP contribution in [-0.2, 0) is 0 Å². The summed E-state index contributed by atoms with van der Waals surface area (Å²) in [6.07, 6.45) is 1.17. The fourth-order valence-corrected chi connectivity index (χ4v) is 2.52. The summed E-state index contributed by atoms with van der Waals surface area (Å²) in [6.45, 7) is 5.44. The number of amides is 1. The molecule has 0 radical (unpaired) electrons. The topological polar surface area (TPSA) is 128 Å². The van der Waals surface area contributed by atoms with E-state index in [1.165, 1.54) is 11.0 Å². The van der Waals surface area contributed by atoms with Gasteiger partial charge in [-0.15, -0.1) is 0 Å². The number of nitrogens with zero attached hydrogens (tertiary/aromatic N) is 5. The highest BCUT2D eigenvalue weighted by Crippen LogP contribution is 2.27. The van der Waals surface area contributed by atoms with Gasteiger partial charge >= 0.3 is 5.69 Å². The molecule has 0 aliphatic rings. The van der Waals surface area contributed by atoms with Crippen molar-refractivity contribution in [1.29, 1.82) is 0 Å². The largest absolute Gasteiger partial charge is 0.357 e. The van der Waals surface area contributed by atoms with Crippen molar-refractivity contribution >= 4 is 17.4 Å². The molecule has 138 valence electrons. The molecule has 3 aromatic rings. The molecule has 2 aromatic heterocycles. The van der Waals surface area contributed by atoms with Crippen LogP contribution in [0, 0.1) is 30.9 Å². The van der Waals surface area contributed by atoms with Gasteiger partial charge in [-0.2, -0.15) is 5.10 Å². The van der Waals surface area contributed by atoms with E-state index in [4.69, 9.17) is 0 Å². The van der Waals surface area contributed by atoms with Crippen molar-refractivity contribution in [2.45, 2.75) is 20.8 Å². The molecule has 10 heteroatoms. The third kappa shape index (κ3) is 3.73. The summed E-state index contributed by atoms with van der Waals surface area (Å²) in [6, 6.07) is 8.67. The molecule has 0 atom stereocenters. The van der Waals surface area contributed by atoms with E-state index in [1.54, 1.807) is 44.2 Å². The predicted molar refractivity (Wildman–Crippen MR) is 97.6 cm³/mol. The molecule has 0 bridgehead atoms. The van der Waals surface area contributed by atoms with Gasteiger partial charge in [0, 0.05) is 11.3 Å². The van der Waals surface area contributed by atoms with Crippen molar-refractivity contribution in [3.05, 3.63) is 69.3 Å². The lowest BCUT2D eigenvalue weighted by Gasteiger charge is -2.10. The van der Waals surface area contributed by atoms with Gasteiger partial charge in [0.1, 0.15) is 6.33 Å². The number of aromatic nitrogens is 4. The molecule has 1 amide bonds. The van der Waals surface area contributed by atoms with Crippen LogP contribution in [0.5, 0.6) is 0 Å². The Morgan fingerprint density at radius 1 is 1.15 bits per heavy atom. The predicted octanol–water partition coefficient (Wildman–Crippen LogP) is 2.25. The maximum atomic E-state index is 12.2. The average molecular weight is 367 g/mol. The van der Waals surface area contributed by atoms with Crippen LogP contribution >= 0.6 is 0 Å². The molecule has 3 rings (SSSR count). The fourth-order valence-electron chi connectivity index (χ4n) is 2.52. The van der Waals surface area contributed by atoms with Gasteiger partial charge in [-0.05, 0) is 39.0 Å². The Kier molecular flexibility index (Phi) is 4.79. The summed E-state index contributed by atoms with van der Waals surface area (Å²) in [4.78, 5) is 31.1. The first kappa shape index (κ1) is 18.0. The number of hydrazine groups is 1. The lowest BCUT2D eigenvalue weighted by atomic mass is 10.1. The quantitative estimate of drug-likeness (QED) is 0.523. The number of rotatable bonds is 5. The van der Waals surface area contributed by atoms with E-state index < -0.39 is 16.5 Å². The lowest BCUT2D eigenvalue weighted by molar-refractivity contribution is -0.384. The summed E-state index contributed by atoms with van der Waals surface area (Å²) in [5, 5.41) is 15.8. The van der Waals surface area contributed by atoms with Crippen LogP contribution in [-0.4, -0.2) is 30.6 Å². The van der Waals surface area contributed by atoms with Gasteiger partial charge in [-0.1, -0.05) is 17.7 Å². The zero-order chi connectivity index (χ0) is 19.6. The van der Waals surface area contributed by atoms with Crippen LogP contribution in [0.4, 0.5) is 11.5 Å².